The molecule has 1 heterocycles. The van der Waals surface area contributed by atoms with Crippen LogP contribution in [0.25, 0.3) is 0 Å². The monoisotopic (exact) mass is 1130 g/mol. The highest BCUT2D eigenvalue weighted by Crippen LogP contribution is 2.26. The molecule has 0 saturated carbocycles. The fraction of sp³-hybridized carbons (Fsp3) is 0.855. The number of amides is 1. The van der Waals surface area contributed by atoms with Gasteiger partial charge in [0.2, 0.25) is 5.91 Å². The van der Waals surface area contributed by atoms with E-state index < -0.39 is 67.4 Å². The Morgan fingerprint density at radius 1 is 0.500 bits per heavy atom. The average molecular weight is 1130 g/mol. The SMILES string of the molecule is CC/C=C/C/C=C/CCCCCCCCCC(=O)OC1C(OCC(NC(=O)C(O)CCCCCCCCCCCCCCCC/C=C/CCCCCCCC)C(O)/C=C/CCCCCCCCCCCCC)OC(CO)C(O)C1O. The molecule has 6 N–H and O–H groups in total. The summed E-state index contributed by atoms with van der Waals surface area (Å²) in [5.74, 6) is -1.19. The van der Waals surface area contributed by atoms with Crippen molar-refractivity contribution in [1.82, 2.24) is 5.32 Å². The molecule has 0 bridgehead atoms. The number of unbranched alkanes of at least 4 members (excludes halogenated alkanes) is 38. The van der Waals surface area contributed by atoms with Gasteiger partial charge in [0.15, 0.2) is 12.4 Å². The third kappa shape index (κ3) is 44.2. The lowest BCUT2D eigenvalue weighted by Gasteiger charge is -2.41. The molecule has 0 radical (unpaired) electrons. The van der Waals surface area contributed by atoms with E-state index in [-0.39, 0.29) is 13.0 Å². The molecule has 8 atom stereocenters. The number of esters is 1. The summed E-state index contributed by atoms with van der Waals surface area (Å²) in [5.41, 5.74) is 0. The summed E-state index contributed by atoms with van der Waals surface area (Å²) in [6, 6.07) is -1.02. The molecule has 0 aliphatic carbocycles. The molecule has 0 aromatic carbocycles. The number of hydrogen-bond donors (Lipinski definition) is 6. The second kappa shape index (κ2) is 57.1. The lowest BCUT2D eigenvalue weighted by Crippen LogP contribution is -2.61. The fourth-order valence-corrected chi connectivity index (χ4v) is 10.6. The molecule has 0 aromatic rings. The van der Waals surface area contributed by atoms with Crippen LogP contribution < -0.4 is 5.32 Å². The van der Waals surface area contributed by atoms with Crippen molar-refractivity contribution in [3.05, 3.63) is 48.6 Å². The molecule has 11 nitrogen and oxygen atoms in total. The van der Waals surface area contributed by atoms with Crippen LogP contribution in [0.2, 0.25) is 0 Å². The Bertz CT molecular complexity index is 1490. The second-order valence-electron chi connectivity index (χ2n) is 23.5. The quantitative estimate of drug-likeness (QED) is 0.0195. The van der Waals surface area contributed by atoms with Crippen molar-refractivity contribution < 1.29 is 49.3 Å². The first-order chi connectivity index (χ1) is 39.2. The zero-order chi connectivity index (χ0) is 58.2. The molecule has 468 valence electrons. The maximum Gasteiger partial charge on any atom is 0.306 e. The summed E-state index contributed by atoms with van der Waals surface area (Å²) in [4.78, 5) is 26.6. The molecule has 80 heavy (non-hydrogen) atoms. The van der Waals surface area contributed by atoms with E-state index in [2.05, 4.69) is 62.5 Å². The molecule has 1 saturated heterocycles. The topological polar surface area (TPSA) is 175 Å². The predicted molar refractivity (Wildman–Crippen MR) is 334 cm³/mol. The minimum atomic E-state index is -1.62. The third-order valence-corrected chi connectivity index (χ3v) is 16.0. The van der Waals surface area contributed by atoms with Crippen LogP contribution in [0.4, 0.5) is 0 Å². The molecule has 0 aromatic heterocycles. The first-order valence-electron chi connectivity index (χ1n) is 33.9. The summed E-state index contributed by atoms with van der Waals surface area (Å²) in [7, 11) is 0. The van der Waals surface area contributed by atoms with Gasteiger partial charge in [0.1, 0.15) is 24.4 Å². The van der Waals surface area contributed by atoms with Crippen molar-refractivity contribution in [3.63, 3.8) is 0 Å². The summed E-state index contributed by atoms with van der Waals surface area (Å²) in [6.07, 6.45) is 60.2. The second-order valence-corrected chi connectivity index (χ2v) is 23.5. The van der Waals surface area contributed by atoms with Gasteiger partial charge < -0.3 is 45.1 Å². The van der Waals surface area contributed by atoms with Crippen LogP contribution in [0.5, 0.6) is 0 Å². The molecular formula is C69H127NO10. The normalized spacial score (nSPS) is 19.0. The van der Waals surface area contributed by atoms with E-state index in [9.17, 15) is 35.1 Å². The molecule has 1 rings (SSSR count). The smallest absolute Gasteiger partial charge is 0.306 e. The van der Waals surface area contributed by atoms with Crippen LogP contribution >= 0.6 is 0 Å². The molecule has 1 amide bonds. The Labute approximate surface area is 491 Å². The number of aliphatic hydroxyl groups is 5. The van der Waals surface area contributed by atoms with Crippen molar-refractivity contribution in [2.75, 3.05) is 13.2 Å². The van der Waals surface area contributed by atoms with Gasteiger partial charge in [0, 0.05) is 6.42 Å². The van der Waals surface area contributed by atoms with E-state index in [1.165, 1.54) is 186 Å². The molecule has 11 heteroatoms. The van der Waals surface area contributed by atoms with Crippen LogP contribution in [-0.2, 0) is 23.8 Å². The highest BCUT2D eigenvalue weighted by atomic mass is 16.7. The summed E-state index contributed by atoms with van der Waals surface area (Å²) >= 11 is 0. The van der Waals surface area contributed by atoms with Crippen molar-refractivity contribution in [1.29, 1.82) is 0 Å². The molecule has 1 aliphatic rings. The molecule has 1 fully saturated rings. The minimum Gasteiger partial charge on any atom is -0.454 e. The van der Waals surface area contributed by atoms with Crippen molar-refractivity contribution in [2.24, 2.45) is 0 Å². The van der Waals surface area contributed by atoms with Gasteiger partial charge in [0.05, 0.1) is 25.4 Å². The average Bonchev–Trinajstić information content (AvgIpc) is 3.53. The van der Waals surface area contributed by atoms with Crippen LogP contribution in [0.3, 0.4) is 0 Å². The van der Waals surface area contributed by atoms with Gasteiger partial charge in [-0.3, -0.25) is 9.59 Å². The van der Waals surface area contributed by atoms with E-state index in [1.807, 2.05) is 6.08 Å². The molecule has 0 spiro atoms. The van der Waals surface area contributed by atoms with Gasteiger partial charge in [-0.05, 0) is 77.0 Å². The standard InChI is InChI=1S/C69H127NO10/c1-4-7-10-13-16-19-22-25-27-28-29-30-31-32-33-34-35-36-38-41-44-47-50-53-56-62(73)68(77)70-60(61(72)55-52-49-46-43-40-37-24-21-18-15-12-9-6-3)59-78-69-67(66(76)65(75)63(58-71)79-69)80-64(74)57-54-51-48-45-42-39-26-23-20-17-14-11-8-5-2/h8,11,17,20,25,27,52,55,60-63,65-67,69,71-73,75-76H,4-7,9-10,12-16,18-19,21-24,26,28-51,53-54,56-59H2,1-3H3,(H,70,77)/b11-8+,20-17+,27-25+,55-52+. The fourth-order valence-electron chi connectivity index (χ4n) is 10.6. The van der Waals surface area contributed by atoms with Crippen LogP contribution in [-0.4, -0.2) is 99.6 Å². The third-order valence-electron chi connectivity index (χ3n) is 16.0. The largest absolute Gasteiger partial charge is 0.454 e. The number of carbonyl (C=O) groups excluding carboxylic acids is 2. The number of hydrogen-bond acceptors (Lipinski definition) is 10. The Kier molecular flexibility index (Phi) is 54.0. The zero-order valence-corrected chi connectivity index (χ0v) is 52.0. The number of nitrogens with one attached hydrogen (secondary N) is 1. The summed E-state index contributed by atoms with van der Waals surface area (Å²) < 4.78 is 17.6. The highest BCUT2D eigenvalue weighted by molar-refractivity contribution is 5.80. The summed E-state index contributed by atoms with van der Waals surface area (Å²) in [5, 5.41) is 57.1. The number of rotatable bonds is 58. The van der Waals surface area contributed by atoms with Gasteiger partial charge in [-0.25, -0.2) is 0 Å². The molecule has 8 unspecified atom stereocenters. The Balaban J connectivity index is 2.59. The van der Waals surface area contributed by atoms with Crippen molar-refractivity contribution in [3.8, 4) is 0 Å². The molecular weight excluding hydrogens is 1000 g/mol. The van der Waals surface area contributed by atoms with Gasteiger partial charge in [-0.15, -0.1) is 0 Å². The van der Waals surface area contributed by atoms with Crippen LogP contribution in [0.15, 0.2) is 48.6 Å². The minimum absolute atomic E-state index is 0.115. The number of aliphatic hydroxyl groups excluding tert-OH is 5. The van der Waals surface area contributed by atoms with Crippen molar-refractivity contribution >= 4 is 11.9 Å². The Morgan fingerprint density at radius 3 is 1.35 bits per heavy atom. The van der Waals surface area contributed by atoms with Gasteiger partial charge >= 0.3 is 5.97 Å². The lowest BCUT2D eigenvalue weighted by molar-refractivity contribution is -0.305. The van der Waals surface area contributed by atoms with Gasteiger partial charge in [-0.1, -0.05) is 281 Å². The van der Waals surface area contributed by atoms with Crippen LogP contribution in [0, 0.1) is 0 Å². The van der Waals surface area contributed by atoms with Crippen molar-refractivity contribution in [2.45, 2.75) is 365 Å². The van der Waals surface area contributed by atoms with E-state index in [1.54, 1.807) is 6.08 Å². The van der Waals surface area contributed by atoms with Gasteiger partial charge in [-0.2, -0.15) is 0 Å². The molecule has 1 aliphatic heterocycles. The first kappa shape index (κ1) is 75.6. The Hall–Kier alpha value is -2.38. The van der Waals surface area contributed by atoms with E-state index in [0.717, 1.165) is 83.5 Å². The lowest BCUT2D eigenvalue weighted by atomic mass is 9.99. The Morgan fingerprint density at radius 2 is 0.900 bits per heavy atom. The van der Waals surface area contributed by atoms with Gasteiger partial charge in [0.25, 0.3) is 0 Å². The highest BCUT2D eigenvalue weighted by Gasteiger charge is 2.47. The van der Waals surface area contributed by atoms with E-state index >= 15 is 0 Å². The van der Waals surface area contributed by atoms with E-state index in [0.29, 0.717) is 19.3 Å². The maximum atomic E-state index is 13.5. The number of ether oxygens (including phenoxy) is 3. The zero-order valence-electron chi connectivity index (χ0n) is 52.0. The number of allylic oxidation sites excluding steroid dienone is 7. The maximum absolute atomic E-state index is 13.5. The summed E-state index contributed by atoms with van der Waals surface area (Å²) in [6.45, 7) is 5.71. The van der Waals surface area contributed by atoms with Crippen LogP contribution in [0.1, 0.15) is 316 Å². The van der Waals surface area contributed by atoms with E-state index in [4.69, 9.17) is 14.2 Å². The predicted octanol–water partition coefficient (Wildman–Crippen LogP) is 16.8. The first-order valence-corrected chi connectivity index (χ1v) is 33.9. The number of carbonyl (C=O) groups is 2.